The summed E-state index contributed by atoms with van der Waals surface area (Å²) in [6, 6.07) is 19.7. The van der Waals surface area contributed by atoms with Crippen LogP contribution in [-0.2, 0) is 11.4 Å². The number of furan rings is 1. The smallest absolute Gasteiger partial charge is 0.290 e. The molecule has 0 aliphatic carbocycles. The monoisotopic (exact) mass is 502 g/mol. The number of aliphatic hydroxyl groups excluding tert-OH is 1. The molecule has 37 heavy (non-hydrogen) atoms. The van der Waals surface area contributed by atoms with Crippen molar-refractivity contribution in [2.75, 3.05) is 26.2 Å². The van der Waals surface area contributed by atoms with Gasteiger partial charge in [0.2, 0.25) is 5.78 Å². The van der Waals surface area contributed by atoms with Gasteiger partial charge in [0.05, 0.1) is 11.6 Å². The minimum atomic E-state index is -0.748. The van der Waals surface area contributed by atoms with Crippen LogP contribution in [0.3, 0.4) is 0 Å². The topological polar surface area (TPSA) is 83.2 Å². The second kappa shape index (κ2) is 11.9. The Labute approximate surface area is 218 Å². The molecule has 7 heteroatoms. The van der Waals surface area contributed by atoms with Crippen molar-refractivity contribution in [2.24, 2.45) is 0 Å². The molecule has 3 aromatic rings. The number of hydrogen-bond acceptors (Lipinski definition) is 6. The normalized spacial score (nSPS) is 15.6. The average molecular weight is 503 g/mol. The number of ketones is 1. The number of hydrogen-bond donors (Lipinski definition) is 1. The Kier molecular flexibility index (Phi) is 8.46. The van der Waals surface area contributed by atoms with Gasteiger partial charge in [-0.25, -0.2) is 0 Å². The number of amides is 1. The van der Waals surface area contributed by atoms with Crippen LogP contribution in [0.15, 0.2) is 82.5 Å². The summed E-state index contributed by atoms with van der Waals surface area (Å²) in [5.74, 6) is -0.279. The molecular weight excluding hydrogens is 468 g/mol. The highest BCUT2D eigenvalue weighted by molar-refractivity contribution is 6.15. The Balaban J connectivity index is 1.64. The molecule has 7 nitrogen and oxygen atoms in total. The van der Waals surface area contributed by atoms with Gasteiger partial charge >= 0.3 is 0 Å². The molecule has 1 N–H and O–H groups in total. The molecule has 1 unspecified atom stereocenters. The molecule has 2 aromatic carbocycles. The highest BCUT2D eigenvalue weighted by Crippen LogP contribution is 2.40. The van der Waals surface area contributed by atoms with Crippen LogP contribution in [-0.4, -0.2) is 52.8 Å². The van der Waals surface area contributed by atoms with Crippen LogP contribution in [0.1, 0.15) is 53.8 Å². The fourth-order valence-corrected chi connectivity index (χ4v) is 4.67. The Bertz CT molecular complexity index is 1260. The number of nitrogens with zero attached hydrogens (tertiary/aromatic N) is 2. The first-order chi connectivity index (χ1) is 17.9. The predicted octanol–water partition coefficient (Wildman–Crippen LogP) is 5.48. The zero-order chi connectivity index (χ0) is 26.4. The number of Topliss-reactive ketones (excluding diaryl/α,β-unsaturated/α-hetero) is 1. The summed E-state index contributed by atoms with van der Waals surface area (Å²) in [5, 5.41) is 10.9. The fraction of sp³-hybridized carbons (Fsp3) is 0.333. The lowest BCUT2D eigenvalue weighted by Crippen LogP contribution is -2.34. The maximum atomic E-state index is 13.5. The Morgan fingerprint density at radius 1 is 1.05 bits per heavy atom. The van der Waals surface area contributed by atoms with Gasteiger partial charge in [0, 0.05) is 6.54 Å². The summed E-state index contributed by atoms with van der Waals surface area (Å²) in [5.41, 5.74) is 1.75. The van der Waals surface area contributed by atoms with Gasteiger partial charge in [0.25, 0.3) is 5.91 Å². The third-order valence-corrected chi connectivity index (χ3v) is 6.70. The minimum Gasteiger partial charge on any atom is -0.503 e. The Hall–Kier alpha value is -3.84. The zero-order valence-electron chi connectivity index (χ0n) is 21.6. The van der Waals surface area contributed by atoms with E-state index < -0.39 is 23.5 Å². The molecule has 0 radical (unpaired) electrons. The van der Waals surface area contributed by atoms with Crippen molar-refractivity contribution in [2.45, 2.75) is 39.8 Å². The van der Waals surface area contributed by atoms with Crippen LogP contribution in [0.4, 0.5) is 0 Å². The molecule has 2 heterocycles. The fourth-order valence-electron chi connectivity index (χ4n) is 4.67. The summed E-state index contributed by atoms with van der Waals surface area (Å²) >= 11 is 0. The first-order valence-electron chi connectivity index (χ1n) is 12.8. The summed E-state index contributed by atoms with van der Waals surface area (Å²) in [6.45, 7) is 9.38. The van der Waals surface area contributed by atoms with Crippen molar-refractivity contribution in [3.8, 4) is 5.75 Å². The minimum absolute atomic E-state index is 0.0300. The number of aryl methyl sites for hydroxylation is 1. The van der Waals surface area contributed by atoms with Gasteiger partial charge in [-0.05, 0) is 68.4 Å². The van der Waals surface area contributed by atoms with Gasteiger partial charge in [-0.3, -0.25) is 9.59 Å². The first kappa shape index (κ1) is 26.2. The van der Waals surface area contributed by atoms with Gasteiger partial charge in [-0.1, -0.05) is 56.3 Å². The van der Waals surface area contributed by atoms with Crippen LogP contribution >= 0.6 is 0 Å². The SMILES string of the molecule is CCN(CC)CCCN1C(=O)C(O)=C(C(=O)c2ccc(C)o2)C1c1cccc(OCc2ccccc2)c1. The molecule has 0 saturated carbocycles. The Morgan fingerprint density at radius 3 is 2.49 bits per heavy atom. The summed E-state index contributed by atoms with van der Waals surface area (Å²) in [4.78, 5) is 30.6. The van der Waals surface area contributed by atoms with E-state index in [-0.39, 0.29) is 11.3 Å². The molecule has 1 amide bonds. The van der Waals surface area contributed by atoms with Crippen LogP contribution < -0.4 is 4.74 Å². The number of carbonyl (C=O) groups is 2. The van der Waals surface area contributed by atoms with E-state index in [1.165, 1.54) is 0 Å². The highest BCUT2D eigenvalue weighted by atomic mass is 16.5. The lowest BCUT2D eigenvalue weighted by atomic mass is 9.95. The summed E-state index contributed by atoms with van der Waals surface area (Å²) in [6.07, 6.45) is 0.711. The third kappa shape index (κ3) is 5.94. The molecule has 0 bridgehead atoms. The number of carbonyl (C=O) groups excluding carboxylic acids is 2. The molecule has 4 rings (SSSR count). The van der Waals surface area contributed by atoms with Gasteiger partial charge in [-0.2, -0.15) is 0 Å². The van der Waals surface area contributed by atoms with Gasteiger partial charge < -0.3 is 24.1 Å². The van der Waals surface area contributed by atoms with E-state index in [2.05, 4.69) is 18.7 Å². The van der Waals surface area contributed by atoms with E-state index in [1.807, 2.05) is 54.6 Å². The standard InChI is InChI=1S/C30H34N2O5/c1-4-31(5-2)17-10-18-32-27(26(29(34)30(32)35)28(33)25-16-15-21(3)37-25)23-13-9-14-24(19-23)36-20-22-11-7-6-8-12-22/h6-9,11-16,19,27,34H,4-5,10,17-18,20H2,1-3H3. The number of rotatable bonds is 12. The van der Waals surface area contributed by atoms with Crippen molar-refractivity contribution in [3.63, 3.8) is 0 Å². The van der Waals surface area contributed by atoms with Gasteiger partial charge in [0.15, 0.2) is 11.5 Å². The van der Waals surface area contributed by atoms with E-state index in [4.69, 9.17) is 9.15 Å². The van der Waals surface area contributed by atoms with Crippen molar-refractivity contribution in [3.05, 3.63) is 101 Å². The van der Waals surface area contributed by atoms with Crippen molar-refractivity contribution < 1.29 is 23.8 Å². The van der Waals surface area contributed by atoms with E-state index >= 15 is 0 Å². The van der Waals surface area contributed by atoms with Crippen LogP contribution in [0.25, 0.3) is 0 Å². The zero-order valence-corrected chi connectivity index (χ0v) is 21.6. The lowest BCUT2D eigenvalue weighted by molar-refractivity contribution is -0.129. The highest BCUT2D eigenvalue weighted by Gasteiger charge is 2.44. The van der Waals surface area contributed by atoms with Crippen molar-refractivity contribution in [1.82, 2.24) is 9.80 Å². The summed E-state index contributed by atoms with van der Waals surface area (Å²) in [7, 11) is 0. The largest absolute Gasteiger partial charge is 0.503 e. The maximum Gasteiger partial charge on any atom is 0.290 e. The van der Waals surface area contributed by atoms with Crippen molar-refractivity contribution in [1.29, 1.82) is 0 Å². The molecule has 0 spiro atoms. The molecule has 1 atom stereocenters. The first-order valence-corrected chi connectivity index (χ1v) is 12.8. The Morgan fingerprint density at radius 2 is 1.81 bits per heavy atom. The van der Waals surface area contributed by atoms with Crippen molar-refractivity contribution >= 4 is 11.7 Å². The van der Waals surface area contributed by atoms with E-state index in [0.717, 1.165) is 25.2 Å². The second-order valence-electron chi connectivity index (χ2n) is 9.13. The van der Waals surface area contributed by atoms with E-state index in [9.17, 15) is 14.7 Å². The quantitative estimate of drug-likeness (QED) is 0.330. The number of benzene rings is 2. The van der Waals surface area contributed by atoms with E-state index in [0.29, 0.717) is 36.6 Å². The van der Waals surface area contributed by atoms with Crippen LogP contribution in [0.5, 0.6) is 5.75 Å². The van der Waals surface area contributed by atoms with Crippen LogP contribution in [0, 0.1) is 6.92 Å². The molecule has 1 aliphatic heterocycles. The molecule has 1 aliphatic rings. The number of aliphatic hydroxyl groups is 1. The van der Waals surface area contributed by atoms with Crippen LogP contribution in [0.2, 0.25) is 0 Å². The molecule has 0 fully saturated rings. The average Bonchev–Trinajstić information content (AvgIpc) is 3.47. The predicted molar refractivity (Wildman–Crippen MR) is 142 cm³/mol. The number of ether oxygens (including phenoxy) is 1. The second-order valence-corrected chi connectivity index (χ2v) is 9.13. The lowest BCUT2D eigenvalue weighted by Gasteiger charge is -2.28. The maximum absolute atomic E-state index is 13.5. The molecule has 0 saturated heterocycles. The molecular formula is C30H34N2O5. The molecule has 1 aromatic heterocycles. The van der Waals surface area contributed by atoms with E-state index in [1.54, 1.807) is 24.0 Å². The summed E-state index contributed by atoms with van der Waals surface area (Å²) < 4.78 is 11.6. The third-order valence-electron chi connectivity index (χ3n) is 6.70. The van der Waals surface area contributed by atoms with Gasteiger partial charge in [0.1, 0.15) is 18.1 Å². The van der Waals surface area contributed by atoms with Gasteiger partial charge in [-0.15, -0.1) is 0 Å². The molecule has 194 valence electrons.